The molecule has 0 aliphatic carbocycles. The number of nitrogens with one attached hydrogen (secondary N) is 1. The van der Waals surface area contributed by atoms with Crippen molar-refractivity contribution in [3.63, 3.8) is 0 Å². The minimum Gasteiger partial charge on any atom is -0.354 e. The van der Waals surface area contributed by atoms with Crippen LogP contribution >= 0.6 is 0 Å². The lowest BCUT2D eigenvalue weighted by Crippen LogP contribution is -2.49. The molecule has 0 saturated carbocycles. The third-order valence-corrected chi connectivity index (χ3v) is 4.83. The summed E-state index contributed by atoms with van der Waals surface area (Å²) in [4.78, 5) is 31.6. The molecule has 27 heavy (non-hydrogen) atoms. The first-order chi connectivity index (χ1) is 13.1. The Morgan fingerprint density at radius 3 is 2.85 bits per heavy atom. The molecule has 1 saturated heterocycles. The Bertz CT molecular complexity index is 745. The molecule has 0 radical (unpaired) electrons. The molecule has 0 bridgehead atoms. The molecule has 1 aliphatic heterocycles. The van der Waals surface area contributed by atoms with Crippen molar-refractivity contribution in [1.82, 2.24) is 25.0 Å². The van der Waals surface area contributed by atoms with Gasteiger partial charge in [-0.3, -0.25) is 19.3 Å². The highest BCUT2D eigenvalue weighted by Gasteiger charge is 2.40. The third-order valence-electron chi connectivity index (χ3n) is 4.83. The maximum atomic E-state index is 12.9. The van der Waals surface area contributed by atoms with Crippen molar-refractivity contribution in [2.45, 2.75) is 39.3 Å². The van der Waals surface area contributed by atoms with E-state index in [1.807, 2.05) is 29.3 Å². The van der Waals surface area contributed by atoms with Crippen molar-refractivity contribution in [1.29, 1.82) is 0 Å². The molecular weight excluding hydrogens is 342 g/mol. The SMILES string of the molecule is CC(C)CN1C(=O)CC[C@@H](C(=O)NCCn2cccn2)[C@@H]1c1cccnc1. The van der Waals surface area contributed by atoms with E-state index in [-0.39, 0.29) is 23.8 Å². The lowest BCUT2D eigenvalue weighted by molar-refractivity contribution is -0.144. The summed E-state index contributed by atoms with van der Waals surface area (Å²) in [6.45, 7) is 5.94. The molecule has 144 valence electrons. The summed E-state index contributed by atoms with van der Waals surface area (Å²) < 4.78 is 1.79. The van der Waals surface area contributed by atoms with Crippen LogP contribution in [0.15, 0.2) is 43.0 Å². The van der Waals surface area contributed by atoms with Crippen LogP contribution in [0.1, 0.15) is 38.3 Å². The van der Waals surface area contributed by atoms with Crippen molar-refractivity contribution < 1.29 is 9.59 Å². The van der Waals surface area contributed by atoms with Crippen LogP contribution in [0.5, 0.6) is 0 Å². The van der Waals surface area contributed by atoms with Gasteiger partial charge < -0.3 is 10.2 Å². The van der Waals surface area contributed by atoms with Crippen molar-refractivity contribution >= 4 is 11.8 Å². The van der Waals surface area contributed by atoms with Gasteiger partial charge in [0.25, 0.3) is 0 Å². The van der Waals surface area contributed by atoms with Gasteiger partial charge in [-0.1, -0.05) is 19.9 Å². The van der Waals surface area contributed by atoms with Gasteiger partial charge in [0, 0.05) is 44.3 Å². The van der Waals surface area contributed by atoms with E-state index in [2.05, 4.69) is 29.2 Å². The number of pyridine rings is 1. The number of piperidine rings is 1. The molecule has 1 aliphatic rings. The molecule has 1 N–H and O–H groups in total. The maximum Gasteiger partial charge on any atom is 0.225 e. The molecule has 2 amide bonds. The molecule has 7 heteroatoms. The van der Waals surface area contributed by atoms with Crippen molar-refractivity contribution in [2.24, 2.45) is 11.8 Å². The highest BCUT2D eigenvalue weighted by molar-refractivity contribution is 5.85. The zero-order chi connectivity index (χ0) is 19.2. The molecule has 0 aromatic carbocycles. The van der Waals surface area contributed by atoms with Crippen LogP contribution in [0, 0.1) is 11.8 Å². The lowest BCUT2D eigenvalue weighted by Gasteiger charge is -2.41. The number of aromatic nitrogens is 3. The summed E-state index contributed by atoms with van der Waals surface area (Å²) in [5.41, 5.74) is 0.915. The van der Waals surface area contributed by atoms with E-state index >= 15 is 0 Å². The fourth-order valence-electron chi connectivity index (χ4n) is 3.66. The zero-order valence-corrected chi connectivity index (χ0v) is 15.9. The average Bonchev–Trinajstić information content (AvgIpc) is 3.17. The molecule has 2 aromatic heterocycles. The summed E-state index contributed by atoms with van der Waals surface area (Å²) in [6.07, 6.45) is 8.02. The fraction of sp³-hybridized carbons (Fsp3) is 0.500. The van der Waals surface area contributed by atoms with Crippen LogP contribution in [-0.4, -0.2) is 44.6 Å². The fourth-order valence-corrected chi connectivity index (χ4v) is 3.66. The standard InChI is InChI=1S/C20H27N5O2/c1-15(2)14-25-18(26)7-6-17(19(25)16-5-3-8-21-13-16)20(27)22-10-12-24-11-4-9-23-24/h3-5,8-9,11,13,15,17,19H,6-7,10,12,14H2,1-2H3,(H,22,27)/t17-,19+/m1/s1. The Morgan fingerprint density at radius 2 is 2.19 bits per heavy atom. The zero-order valence-electron chi connectivity index (χ0n) is 15.9. The number of rotatable bonds is 7. The van der Waals surface area contributed by atoms with Gasteiger partial charge in [-0.15, -0.1) is 0 Å². The molecular formula is C20H27N5O2. The van der Waals surface area contributed by atoms with E-state index in [1.54, 1.807) is 23.3 Å². The number of carbonyl (C=O) groups is 2. The summed E-state index contributed by atoms with van der Waals surface area (Å²) in [7, 11) is 0. The topological polar surface area (TPSA) is 80.1 Å². The minimum atomic E-state index is -0.275. The molecule has 1 fully saturated rings. The first-order valence-corrected chi connectivity index (χ1v) is 9.50. The smallest absolute Gasteiger partial charge is 0.225 e. The number of nitrogens with zero attached hydrogens (tertiary/aromatic N) is 4. The number of likely N-dealkylation sites (tertiary alicyclic amines) is 1. The van der Waals surface area contributed by atoms with E-state index in [1.165, 1.54) is 0 Å². The van der Waals surface area contributed by atoms with E-state index < -0.39 is 0 Å². The molecule has 0 unspecified atom stereocenters. The normalized spacial score (nSPS) is 20.1. The van der Waals surface area contributed by atoms with Crippen LogP contribution in [0.2, 0.25) is 0 Å². The summed E-state index contributed by atoms with van der Waals surface area (Å²) >= 11 is 0. The van der Waals surface area contributed by atoms with Crippen molar-refractivity contribution in [2.75, 3.05) is 13.1 Å². The molecule has 2 atom stereocenters. The van der Waals surface area contributed by atoms with Crippen LogP contribution in [0.25, 0.3) is 0 Å². The number of hydrogen-bond donors (Lipinski definition) is 1. The van der Waals surface area contributed by atoms with Gasteiger partial charge in [0.15, 0.2) is 0 Å². The summed E-state index contributed by atoms with van der Waals surface area (Å²) in [5.74, 6) is 0.147. The van der Waals surface area contributed by atoms with Crippen LogP contribution in [-0.2, 0) is 16.1 Å². The monoisotopic (exact) mass is 369 g/mol. The van der Waals surface area contributed by atoms with Crippen LogP contribution < -0.4 is 5.32 Å². The average molecular weight is 369 g/mol. The lowest BCUT2D eigenvalue weighted by atomic mass is 9.83. The number of carbonyl (C=O) groups excluding carboxylic acids is 2. The van der Waals surface area contributed by atoms with Gasteiger partial charge in [0.05, 0.1) is 18.5 Å². The van der Waals surface area contributed by atoms with Crippen molar-refractivity contribution in [3.05, 3.63) is 48.5 Å². The molecule has 0 spiro atoms. The summed E-state index contributed by atoms with van der Waals surface area (Å²) in [6, 6.07) is 5.39. The molecule has 7 nitrogen and oxygen atoms in total. The second-order valence-corrected chi connectivity index (χ2v) is 7.38. The van der Waals surface area contributed by atoms with Gasteiger partial charge in [-0.25, -0.2) is 0 Å². The Labute approximate surface area is 159 Å². The van der Waals surface area contributed by atoms with Gasteiger partial charge in [0.1, 0.15) is 0 Å². The van der Waals surface area contributed by atoms with Gasteiger partial charge >= 0.3 is 0 Å². The maximum absolute atomic E-state index is 12.9. The Hall–Kier alpha value is -2.70. The van der Waals surface area contributed by atoms with Crippen LogP contribution in [0.3, 0.4) is 0 Å². The van der Waals surface area contributed by atoms with Crippen molar-refractivity contribution in [3.8, 4) is 0 Å². The first kappa shape index (κ1) is 19.1. The van der Waals surface area contributed by atoms with E-state index in [4.69, 9.17) is 0 Å². The second-order valence-electron chi connectivity index (χ2n) is 7.38. The third kappa shape index (κ3) is 4.72. The van der Waals surface area contributed by atoms with Gasteiger partial charge in [-0.2, -0.15) is 5.10 Å². The van der Waals surface area contributed by atoms with Gasteiger partial charge in [0.2, 0.25) is 11.8 Å². The van der Waals surface area contributed by atoms with Crippen LogP contribution in [0.4, 0.5) is 0 Å². The molecule has 3 rings (SSSR count). The Balaban J connectivity index is 1.76. The molecule has 3 heterocycles. The highest BCUT2D eigenvalue weighted by Crippen LogP contribution is 2.37. The van der Waals surface area contributed by atoms with E-state index in [9.17, 15) is 9.59 Å². The minimum absolute atomic E-state index is 0.0164. The van der Waals surface area contributed by atoms with E-state index in [0.29, 0.717) is 38.4 Å². The first-order valence-electron chi connectivity index (χ1n) is 9.50. The Kier molecular flexibility index (Phi) is 6.21. The molecule has 2 aromatic rings. The van der Waals surface area contributed by atoms with E-state index in [0.717, 1.165) is 5.56 Å². The predicted octanol–water partition coefficient (Wildman–Crippen LogP) is 2.03. The summed E-state index contributed by atoms with van der Waals surface area (Å²) in [5, 5.41) is 7.17. The number of hydrogen-bond acceptors (Lipinski definition) is 4. The predicted molar refractivity (Wildman–Crippen MR) is 101 cm³/mol. The number of amides is 2. The second kappa shape index (κ2) is 8.79. The highest BCUT2D eigenvalue weighted by atomic mass is 16.2. The quantitative estimate of drug-likeness (QED) is 0.810. The largest absolute Gasteiger partial charge is 0.354 e. The van der Waals surface area contributed by atoms with Gasteiger partial charge in [-0.05, 0) is 30.0 Å². The Morgan fingerprint density at radius 1 is 1.33 bits per heavy atom.